The van der Waals surface area contributed by atoms with Crippen LogP contribution in [0.2, 0.25) is 0 Å². The minimum Gasteiger partial charge on any atom is -0.507 e. The maximum absolute atomic E-state index is 13.2. The number of methoxy groups -OCH3 is 1. The number of amides is 1. The van der Waals surface area contributed by atoms with E-state index in [9.17, 15) is 14.7 Å². The van der Waals surface area contributed by atoms with Crippen molar-refractivity contribution in [2.24, 2.45) is 0 Å². The molecule has 0 spiro atoms. The summed E-state index contributed by atoms with van der Waals surface area (Å²) in [6.07, 6.45) is 3.67. The van der Waals surface area contributed by atoms with Crippen molar-refractivity contribution in [2.45, 2.75) is 38.6 Å². The van der Waals surface area contributed by atoms with E-state index in [0.717, 1.165) is 19.3 Å². The Morgan fingerprint density at radius 1 is 1.03 bits per heavy atom. The summed E-state index contributed by atoms with van der Waals surface area (Å²) in [5.41, 5.74) is 1.11. The zero-order valence-electron chi connectivity index (χ0n) is 20.8. The van der Waals surface area contributed by atoms with Crippen LogP contribution in [0.25, 0.3) is 5.76 Å². The minimum absolute atomic E-state index is 0.0391. The molecule has 1 N–H and O–H groups in total. The van der Waals surface area contributed by atoms with Crippen LogP contribution in [-0.2, 0) is 14.3 Å². The van der Waals surface area contributed by atoms with Crippen LogP contribution in [0.15, 0.2) is 48.0 Å². The molecular weight excluding hydrogens is 462 g/mol. The van der Waals surface area contributed by atoms with Crippen molar-refractivity contribution in [3.63, 3.8) is 0 Å². The van der Waals surface area contributed by atoms with Gasteiger partial charge in [-0.15, -0.1) is 0 Å². The Balaban J connectivity index is 1.73. The van der Waals surface area contributed by atoms with Gasteiger partial charge in [-0.2, -0.15) is 0 Å². The Hall–Kier alpha value is -3.52. The summed E-state index contributed by atoms with van der Waals surface area (Å²) in [5, 5.41) is 11.3. The number of benzene rings is 2. The van der Waals surface area contributed by atoms with E-state index < -0.39 is 17.7 Å². The van der Waals surface area contributed by atoms with E-state index in [1.807, 2.05) is 24.3 Å². The maximum Gasteiger partial charge on any atom is 0.295 e. The number of ether oxygens (including phenoxy) is 4. The van der Waals surface area contributed by atoms with Crippen molar-refractivity contribution < 1.29 is 33.6 Å². The summed E-state index contributed by atoms with van der Waals surface area (Å²) < 4.78 is 22.3. The molecule has 0 saturated carbocycles. The zero-order chi connectivity index (χ0) is 25.5. The van der Waals surface area contributed by atoms with Gasteiger partial charge in [0.1, 0.15) is 24.7 Å². The van der Waals surface area contributed by atoms with Crippen LogP contribution in [0.3, 0.4) is 0 Å². The van der Waals surface area contributed by atoms with Gasteiger partial charge in [-0.05, 0) is 48.7 Å². The standard InChI is InChI=1S/C28H33NO7/c1-3-4-5-14-34-21-9-6-8-19(17-21)25-24(27(31)28(32)29(25)12-7-13-33-2)26(30)20-10-11-22-23(18-20)36-16-15-35-22/h6,8-11,17-18,25,30H,3-5,7,12-16H2,1-2H3/t25-/m1/s1. The molecule has 0 bridgehead atoms. The molecule has 4 rings (SSSR count). The molecule has 2 aliphatic rings. The fraction of sp³-hybridized carbons (Fsp3) is 0.429. The number of likely N-dealkylation sites (tertiary alicyclic amines) is 1. The van der Waals surface area contributed by atoms with Gasteiger partial charge < -0.3 is 29.0 Å². The molecule has 8 heteroatoms. The number of hydrogen-bond donors (Lipinski definition) is 1. The van der Waals surface area contributed by atoms with E-state index in [4.69, 9.17) is 18.9 Å². The topological polar surface area (TPSA) is 94.5 Å². The number of Topliss-reactive ketones (excluding diaryl/α,β-unsaturated/α-hetero) is 1. The van der Waals surface area contributed by atoms with Gasteiger partial charge in [-0.25, -0.2) is 0 Å². The number of hydrogen-bond acceptors (Lipinski definition) is 7. The van der Waals surface area contributed by atoms with Gasteiger partial charge in [0.25, 0.3) is 11.7 Å². The molecule has 1 fully saturated rings. The van der Waals surface area contributed by atoms with E-state index in [0.29, 0.717) is 67.8 Å². The SMILES string of the molecule is CCCCCOc1cccc([C@@H]2C(=C(O)c3ccc4c(c3)OCCO4)C(=O)C(=O)N2CCCOC)c1. The van der Waals surface area contributed by atoms with Crippen molar-refractivity contribution in [3.05, 3.63) is 59.2 Å². The van der Waals surface area contributed by atoms with Crippen molar-refractivity contribution in [2.75, 3.05) is 40.1 Å². The summed E-state index contributed by atoms with van der Waals surface area (Å²) in [4.78, 5) is 27.8. The van der Waals surface area contributed by atoms with E-state index in [-0.39, 0.29) is 11.3 Å². The fourth-order valence-corrected chi connectivity index (χ4v) is 4.50. The van der Waals surface area contributed by atoms with Gasteiger partial charge in [0.2, 0.25) is 0 Å². The molecule has 1 amide bonds. The van der Waals surface area contributed by atoms with Gasteiger partial charge in [0.05, 0.1) is 18.2 Å². The largest absolute Gasteiger partial charge is 0.507 e. The predicted molar refractivity (Wildman–Crippen MR) is 134 cm³/mol. The molecule has 2 aromatic rings. The minimum atomic E-state index is -0.755. The highest BCUT2D eigenvalue weighted by Gasteiger charge is 2.46. The number of fused-ring (bicyclic) bond motifs is 1. The number of ketones is 1. The van der Waals surface area contributed by atoms with Crippen LogP contribution in [0.5, 0.6) is 17.2 Å². The van der Waals surface area contributed by atoms with Crippen LogP contribution < -0.4 is 14.2 Å². The average molecular weight is 496 g/mol. The first-order valence-corrected chi connectivity index (χ1v) is 12.4. The highest BCUT2D eigenvalue weighted by Crippen LogP contribution is 2.41. The molecule has 0 aliphatic carbocycles. The third-order valence-electron chi connectivity index (χ3n) is 6.29. The molecule has 1 saturated heterocycles. The normalized spacial score (nSPS) is 18.5. The van der Waals surface area contributed by atoms with Crippen LogP contribution in [0, 0.1) is 0 Å². The van der Waals surface area contributed by atoms with E-state index in [1.54, 1.807) is 25.3 Å². The predicted octanol–water partition coefficient (Wildman–Crippen LogP) is 4.49. The zero-order valence-corrected chi connectivity index (χ0v) is 20.8. The lowest BCUT2D eigenvalue weighted by Crippen LogP contribution is -2.31. The molecule has 8 nitrogen and oxygen atoms in total. The van der Waals surface area contributed by atoms with Gasteiger partial charge in [0, 0.05) is 25.8 Å². The first kappa shape index (κ1) is 25.6. The number of nitrogens with zero attached hydrogens (tertiary/aromatic N) is 1. The molecule has 36 heavy (non-hydrogen) atoms. The Labute approximate surface area is 211 Å². The first-order chi connectivity index (χ1) is 17.5. The van der Waals surface area contributed by atoms with Crippen LogP contribution in [-0.4, -0.2) is 61.8 Å². The summed E-state index contributed by atoms with van der Waals surface area (Å²) in [6, 6.07) is 11.6. The Morgan fingerprint density at radius 2 is 1.83 bits per heavy atom. The first-order valence-electron chi connectivity index (χ1n) is 12.4. The molecule has 2 heterocycles. The highest BCUT2D eigenvalue weighted by atomic mass is 16.6. The highest BCUT2D eigenvalue weighted by molar-refractivity contribution is 6.46. The fourth-order valence-electron chi connectivity index (χ4n) is 4.50. The summed E-state index contributed by atoms with van der Waals surface area (Å²) >= 11 is 0. The average Bonchev–Trinajstić information content (AvgIpc) is 3.16. The third-order valence-corrected chi connectivity index (χ3v) is 6.29. The van der Waals surface area contributed by atoms with E-state index >= 15 is 0 Å². The molecule has 1 atom stereocenters. The molecule has 0 radical (unpaired) electrons. The summed E-state index contributed by atoms with van der Waals surface area (Å²) in [5.74, 6) is 0.0914. The van der Waals surface area contributed by atoms with Crippen LogP contribution >= 0.6 is 0 Å². The lowest BCUT2D eigenvalue weighted by Gasteiger charge is -2.26. The van der Waals surface area contributed by atoms with Gasteiger partial charge in [-0.1, -0.05) is 31.9 Å². The smallest absolute Gasteiger partial charge is 0.295 e. The van der Waals surface area contributed by atoms with Gasteiger partial charge >= 0.3 is 0 Å². The second-order valence-electron chi connectivity index (χ2n) is 8.83. The van der Waals surface area contributed by atoms with E-state index in [1.165, 1.54) is 4.90 Å². The van der Waals surface area contributed by atoms with Crippen LogP contribution in [0.1, 0.15) is 49.8 Å². The quantitative estimate of drug-likeness (QED) is 0.212. The molecule has 0 unspecified atom stereocenters. The second-order valence-corrected chi connectivity index (χ2v) is 8.83. The van der Waals surface area contributed by atoms with Crippen LogP contribution in [0.4, 0.5) is 0 Å². The van der Waals surface area contributed by atoms with Crippen molar-refractivity contribution in [1.29, 1.82) is 0 Å². The second kappa shape index (κ2) is 11.9. The monoisotopic (exact) mass is 495 g/mol. The van der Waals surface area contributed by atoms with Crippen molar-refractivity contribution in [3.8, 4) is 17.2 Å². The molecule has 2 aliphatic heterocycles. The van der Waals surface area contributed by atoms with Crippen molar-refractivity contribution >= 4 is 17.4 Å². The van der Waals surface area contributed by atoms with E-state index in [2.05, 4.69) is 6.92 Å². The lowest BCUT2D eigenvalue weighted by molar-refractivity contribution is -0.140. The summed E-state index contributed by atoms with van der Waals surface area (Å²) in [7, 11) is 1.59. The molecule has 192 valence electrons. The number of aliphatic hydroxyl groups is 1. The maximum atomic E-state index is 13.2. The Kier molecular flexibility index (Phi) is 8.48. The lowest BCUT2D eigenvalue weighted by atomic mass is 9.95. The number of carbonyl (C=O) groups is 2. The molecular formula is C28H33NO7. The third kappa shape index (κ3) is 5.49. The molecule has 0 aromatic heterocycles. The summed E-state index contributed by atoms with van der Waals surface area (Å²) in [6.45, 7) is 4.31. The van der Waals surface area contributed by atoms with Crippen molar-refractivity contribution in [1.82, 2.24) is 4.90 Å². The number of aliphatic hydroxyl groups excluding tert-OH is 1. The molecule has 2 aromatic carbocycles. The number of unbranched alkanes of at least 4 members (excludes halogenated alkanes) is 2. The Bertz CT molecular complexity index is 1130. The van der Waals surface area contributed by atoms with Gasteiger partial charge in [-0.3, -0.25) is 9.59 Å². The number of rotatable bonds is 11. The number of carbonyl (C=O) groups excluding carboxylic acids is 2. The Morgan fingerprint density at radius 3 is 2.61 bits per heavy atom. The van der Waals surface area contributed by atoms with Gasteiger partial charge in [0.15, 0.2) is 11.5 Å².